The lowest BCUT2D eigenvalue weighted by Crippen LogP contribution is -2.36. The van der Waals surface area contributed by atoms with E-state index in [2.05, 4.69) is 10.1 Å². The molecule has 22 heavy (non-hydrogen) atoms. The standard InChI is InChI=1S/C15H16F2N2O3/c1-19(10-13-6-3-7-21-13)15(20)18-9-11-4-2-5-12(8-11)22-14(16)17/h2-8,14H,9-10H2,1H3,(H,18,20). The summed E-state index contributed by atoms with van der Waals surface area (Å²) >= 11 is 0. The van der Waals surface area contributed by atoms with Gasteiger partial charge in [0.25, 0.3) is 0 Å². The maximum absolute atomic E-state index is 12.1. The number of nitrogens with zero attached hydrogens (tertiary/aromatic N) is 1. The van der Waals surface area contributed by atoms with Gasteiger partial charge in [0.15, 0.2) is 0 Å². The fourth-order valence-corrected chi connectivity index (χ4v) is 1.85. The first-order chi connectivity index (χ1) is 10.5. The molecular weight excluding hydrogens is 294 g/mol. The molecule has 2 rings (SSSR count). The molecular formula is C15H16F2N2O3. The molecule has 1 aromatic carbocycles. The molecule has 2 amide bonds. The summed E-state index contributed by atoms with van der Waals surface area (Å²) in [4.78, 5) is 13.4. The molecule has 118 valence electrons. The quantitative estimate of drug-likeness (QED) is 0.891. The Bertz CT molecular complexity index is 603. The number of rotatable bonds is 6. The second kappa shape index (κ2) is 7.44. The predicted molar refractivity (Wildman–Crippen MR) is 75.5 cm³/mol. The average molecular weight is 310 g/mol. The minimum atomic E-state index is -2.87. The van der Waals surface area contributed by atoms with Gasteiger partial charge >= 0.3 is 12.6 Å². The molecule has 1 heterocycles. The van der Waals surface area contributed by atoms with E-state index in [1.165, 1.54) is 23.3 Å². The predicted octanol–water partition coefficient (Wildman–Crippen LogP) is 3.22. The van der Waals surface area contributed by atoms with E-state index < -0.39 is 6.61 Å². The van der Waals surface area contributed by atoms with Crippen LogP contribution in [0.25, 0.3) is 0 Å². The van der Waals surface area contributed by atoms with Crippen LogP contribution in [0.15, 0.2) is 47.1 Å². The highest BCUT2D eigenvalue weighted by molar-refractivity contribution is 5.73. The highest BCUT2D eigenvalue weighted by Crippen LogP contribution is 2.15. The van der Waals surface area contributed by atoms with Gasteiger partial charge in [-0.15, -0.1) is 0 Å². The number of hydrogen-bond acceptors (Lipinski definition) is 3. The molecule has 0 unspecified atom stereocenters. The van der Waals surface area contributed by atoms with Crippen LogP contribution in [-0.2, 0) is 13.1 Å². The molecule has 0 spiro atoms. The highest BCUT2D eigenvalue weighted by Gasteiger charge is 2.10. The minimum absolute atomic E-state index is 0.0608. The van der Waals surface area contributed by atoms with Crippen molar-refractivity contribution in [2.45, 2.75) is 19.7 Å². The molecule has 0 saturated carbocycles. The van der Waals surface area contributed by atoms with Crippen LogP contribution in [0.5, 0.6) is 5.75 Å². The number of carbonyl (C=O) groups excluding carboxylic acids is 1. The van der Waals surface area contributed by atoms with E-state index in [-0.39, 0.29) is 18.3 Å². The van der Waals surface area contributed by atoms with Crippen LogP contribution < -0.4 is 10.1 Å². The first kappa shape index (κ1) is 15.8. The Balaban J connectivity index is 1.85. The summed E-state index contributed by atoms with van der Waals surface area (Å²) in [7, 11) is 1.63. The normalized spacial score (nSPS) is 10.5. The van der Waals surface area contributed by atoms with Crippen molar-refractivity contribution < 1.29 is 22.7 Å². The van der Waals surface area contributed by atoms with E-state index in [4.69, 9.17) is 4.42 Å². The summed E-state index contributed by atoms with van der Waals surface area (Å²) in [5, 5.41) is 2.69. The zero-order valence-corrected chi connectivity index (χ0v) is 12.0. The Morgan fingerprint density at radius 2 is 2.18 bits per heavy atom. The molecule has 0 aliphatic heterocycles. The summed E-state index contributed by atoms with van der Waals surface area (Å²) in [6.45, 7) is -2.32. The fourth-order valence-electron chi connectivity index (χ4n) is 1.85. The smallest absolute Gasteiger partial charge is 0.387 e. The fraction of sp³-hybridized carbons (Fsp3) is 0.267. The van der Waals surface area contributed by atoms with Crippen molar-refractivity contribution in [3.05, 3.63) is 54.0 Å². The van der Waals surface area contributed by atoms with Crippen LogP contribution >= 0.6 is 0 Å². The van der Waals surface area contributed by atoms with Gasteiger partial charge in [-0.2, -0.15) is 8.78 Å². The summed E-state index contributed by atoms with van der Waals surface area (Å²) < 4.78 is 33.8. The number of nitrogens with one attached hydrogen (secondary N) is 1. The lowest BCUT2D eigenvalue weighted by molar-refractivity contribution is -0.0498. The van der Waals surface area contributed by atoms with E-state index in [1.54, 1.807) is 31.3 Å². The molecule has 1 aromatic heterocycles. The molecule has 0 bridgehead atoms. The third kappa shape index (κ3) is 4.76. The summed E-state index contributed by atoms with van der Waals surface area (Å²) in [5.41, 5.74) is 0.665. The van der Waals surface area contributed by atoms with E-state index in [1.807, 2.05) is 0 Å². The van der Waals surface area contributed by atoms with Crippen molar-refractivity contribution in [1.29, 1.82) is 0 Å². The van der Waals surface area contributed by atoms with E-state index in [9.17, 15) is 13.6 Å². The van der Waals surface area contributed by atoms with E-state index in [0.29, 0.717) is 17.9 Å². The van der Waals surface area contributed by atoms with Crippen LogP contribution in [0.1, 0.15) is 11.3 Å². The van der Waals surface area contributed by atoms with Crippen molar-refractivity contribution in [3.8, 4) is 5.75 Å². The van der Waals surface area contributed by atoms with Gasteiger partial charge < -0.3 is 19.4 Å². The molecule has 1 N–H and O–H groups in total. The Labute approximate surface area is 126 Å². The average Bonchev–Trinajstić information content (AvgIpc) is 2.97. The maximum atomic E-state index is 12.1. The minimum Gasteiger partial charge on any atom is -0.467 e. The zero-order valence-electron chi connectivity index (χ0n) is 12.0. The number of hydrogen-bond donors (Lipinski definition) is 1. The topological polar surface area (TPSA) is 54.7 Å². The lowest BCUT2D eigenvalue weighted by Gasteiger charge is -2.16. The van der Waals surface area contributed by atoms with Gasteiger partial charge in [-0.25, -0.2) is 4.79 Å². The largest absolute Gasteiger partial charge is 0.467 e. The van der Waals surface area contributed by atoms with Crippen LogP contribution in [0.3, 0.4) is 0 Å². The third-order valence-electron chi connectivity index (χ3n) is 2.89. The number of alkyl halides is 2. The number of carbonyl (C=O) groups is 1. The van der Waals surface area contributed by atoms with Crippen molar-refractivity contribution in [2.75, 3.05) is 7.05 Å². The van der Waals surface area contributed by atoms with E-state index >= 15 is 0 Å². The van der Waals surface area contributed by atoms with Gasteiger partial charge in [-0.1, -0.05) is 12.1 Å². The maximum Gasteiger partial charge on any atom is 0.387 e. The van der Waals surface area contributed by atoms with Crippen molar-refractivity contribution >= 4 is 6.03 Å². The number of urea groups is 1. The van der Waals surface area contributed by atoms with Crippen molar-refractivity contribution in [2.24, 2.45) is 0 Å². The number of ether oxygens (including phenoxy) is 1. The Hall–Kier alpha value is -2.57. The van der Waals surface area contributed by atoms with E-state index in [0.717, 1.165) is 0 Å². The molecule has 0 aliphatic rings. The molecule has 2 aromatic rings. The molecule has 0 atom stereocenters. The van der Waals surface area contributed by atoms with Gasteiger partial charge in [0.1, 0.15) is 11.5 Å². The highest BCUT2D eigenvalue weighted by atomic mass is 19.3. The van der Waals surface area contributed by atoms with Crippen molar-refractivity contribution in [3.63, 3.8) is 0 Å². The summed E-state index contributed by atoms with van der Waals surface area (Å²) in [5.74, 6) is 0.732. The van der Waals surface area contributed by atoms with Gasteiger partial charge in [0, 0.05) is 13.6 Å². The lowest BCUT2D eigenvalue weighted by atomic mass is 10.2. The molecule has 0 saturated heterocycles. The number of halogens is 2. The number of amides is 2. The first-order valence-electron chi connectivity index (χ1n) is 6.59. The first-order valence-corrected chi connectivity index (χ1v) is 6.59. The second-order valence-electron chi connectivity index (χ2n) is 4.62. The molecule has 0 fully saturated rings. The van der Waals surface area contributed by atoms with Crippen LogP contribution in [-0.4, -0.2) is 24.6 Å². The SMILES string of the molecule is CN(Cc1ccco1)C(=O)NCc1cccc(OC(F)F)c1. The van der Waals surface area contributed by atoms with Gasteiger partial charge in [-0.3, -0.25) is 0 Å². The summed E-state index contributed by atoms with van der Waals surface area (Å²) in [6.07, 6.45) is 1.54. The van der Waals surface area contributed by atoms with Crippen LogP contribution in [0.4, 0.5) is 13.6 Å². The molecule has 7 heteroatoms. The summed E-state index contributed by atoms with van der Waals surface area (Å²) in [6, 6.07) is 9.41. The molecule has 0 aliphatic carbocycles. The molecule has 0 radical (unpaired) electrons. The third-order valence-corrected chi connectivity index (χ3v) is 2.89. The van der Waals surface area contributed by atoms with Gasteiger partial charge in [0.05, 0.1) is 12.8 Å². The Morgan fingerprint density at radius 1 is 1.36 bits per heavy atom. The Morgan fingerprint density at radius 3 is 2.86 bits per heavy atom. The zero-order chi connectivity index (χ0) is 15.9. The molecule has 5 nitrogen and oxygen atoms in total. The van der Waals surface area contributed by atoms with Crippen LogP contribution in [0.2, 0.25) is 0 Å². The number of furan rings is 1. The number of benzene rings is 1. The van der Waals surface area contributed by atoms with Crippen molar-refractivity contribution in [1.82, 2.24) is 10.2 Å². The monoisotopic (exact) mass is 310 g/mol. The Kier molecular flexibility index (Phi) is 5.35. The van der Waals surface area contributed by atoms with Gasteiger partial charge in [0.2, 0.25) is 0 Å². The van der Waals surface area contributed by atoms with Crippen LogP contribution in [0, 0.1) is 0 Å². The second-order valence-corrected chi connectivity index (χ2v) is 4.62. The van der Waals surface area contributed by atoms with Gasteiger partial charge in [-0.05, 0) is 29.8 Å².